The van der Waals surface area contributed by atoms with E-state index in [1.54, 1.807) is 7.11 Å². The average molecular weight is 258 g/mol. The molecule has 96 valence electrons. The molecule has 0 saturated heterocycles. The van der Waals surface area contributed by atoms with Crippen molar-refractivity contribution in [3.05, 3.63) is 77.9 Å². The van der Waals surface area contributed by atoms with Crippen LogP contribution in [0.15, 0.2) is 66.7 Å². The lowest BCUT2D eigenvalue weighted by Gasteiger charge is -2.02. The molecule has 0 radical (unpaired) electrons. The number of hydrogen-bond donors (Lipinski definition) is 0. The highest BCUT2D eigenvalue weighted by Gasteiger charge is 1.97. The zero-order valence-electron chi connectivity index (χ0n) is 11.3. The molecule has 0 aliphatic heterocycles. The van der Waals surface area contributed by atoms with Gasteiger partial charge >= 0.3 is 0 Å². The SMILES string of the molecule is COc1ccc2ccc(C#Cc3ccccc3)cc2c1. The summed E-state index contributed by atoms with van der Waals surface area (Å²) in [5, 5.41) is 2.33. The Bertz CT molecular complexity index is 792. The van der Waals surface area contributed by atoms with E-state index in [4.69, 9.17) is 4.74 Å². The summed E-state index contributed by atoms with van der Waals surface area (Å²) in [5.41, 5.74) is 2.04. The van der Waals surface area contributed by atoms with Gasteiger partial charge in [0.1, 0.15) is 5.75 Å². The lowest BCUT2D eigenvalue weighted by molar-refractivity contribution is 0.415. The minimum atomic E-state index is 0.866. The van der Waals surface area contributed by atoms with Crippen LogP contribution in [-0.2, 0) is 0 Å². The van der Waals surface area contributed by atoms with Crippen LogP contribution in [0.25, 0.3) is 10.8 Å². The molecule has 0 heterocycles. The van der Waals surface area contributed by atoms with Gasteiger partial charge in [-0.25, -0.2) is 0 Å². The van der Waals surface area contributed by atoms with Gasteiger partial charge in [-0.1, -0.05) is 42.2 Å². The molecule has 0 bridgehead atoms. The Morgan fingerprint density at radius 3 is 2.25 bits per heavy atom. The average Bonchev–Trinajstić information content (AvgIpc) is 2.53. The number of benzene rings is 3. The van der Waals surface area contributed by atoms with Crippen molar-refractivity contribution in [3.8, 4) is 17.6 Å². The second-order valence-corrected chi connectivity index (χ2v) is 4.54. The third-order valence-electron chi connectivity index (χ3n) is 3.17. The van der Waals surface area contributed by atoms with E-state index in [9.17, 15) is 0 Å². The lowest BCUT2D eigenvalue weighted by atomic mass is 10.1. The standard InChI is InChI=1S/C19H14O/c1-20-19-12-11-17-10-9-16(13-18(17)14-19)8-7-15-5-3-2-4-6-15/h2-6,9-14H,1H3. The molecule has 0 aliphatic rings. The Morgan fingerprint density at radius 2 is 1.45 bits per heavy atom. The molecule has 0 spiro atoms. The van der Waals surface area contributed by atoms with E-state index in [-0.39, 0.29) is 0 Å². The van der Waals surface area contributed by atoms with E-state index in [2.05, 4.69) is 30.0 Å². The molecule has 3 aromatic carbocycles. The predicted molar refractivity (Wildman–Crippen MR) is 82.9 cm³/mol. The van der Waals surface area contributed by atoms with Crippen molar-refractivity contribution in [2.24, 2.45) is 0 Å². The van der Waals surface area contributed by atoms with Crippen molar-refractivity contribution in [1.82, 2.24) is 0 Å². The van der Waals surface area contributed by atoms with Gasteiger partial charge in [-0.2, -0.15) is 0 Å². The fraction of sp³-hybridized carbons (Fsp3) is 0.0526. The van der Waals surface area contributed by atoms with Crippen LogP contribution in [0.1, 0.15) is 11.1 Å². The molecular formula is C19H14O. The number of hydrogen-bond acceptors (Lipinski definition) is 1. The maximum Gasteiger partial charge on any atom is 0.119 e. The fourth-order valence-corrected chi connectivity index (χ4v) is 2.10. The molecule has 0 amide bonds. The first-order valence-corrected chi connectivity index (χ1v) is 6.50. The summed E-state index contributed by atoms with van der Waals surface area (Å²) in [4.78, 5) is 0. The van der Waals surface area contributed by atoms with Gasteiger partial charge in [0.25, 0.3) is 0 Å². The molecule has 0 atom stereocenters. The quantitative estimate of drug-likeness (QED) is 0.593. The number of ether oxygens (including phenoxy) is 1. The van der Waals surface area contributed by atoms with Crippen LogP contribution in [0.2, 0.25) is 0 Å². The van der Waals surface area contributed by atoms with E-state index < -0.39 is 0 Å². The van der Waals surface area contributed by atoms with Crippen molar-refractivity contribution in [2.75, 3.05) is 7.11 Å². The van der Waals surface area contributed by atoms with Gasteiger partial charge in [0, 0.05) is 11.1 Å². The highest BCUT2D eigenvalue weighted by atomic mass is 16.5. The Labute approximate surface area is 118 Å². The molecule has 1 heteroatoms. The topological polar surface area (TPSA) is 9.23 Å². The predicted octanol–water partition coefficient (Wildman–Crippen LogP) is 4.25. The van der Waals surface area contributed by atoms with Gasteiger partial charge in [-0.05, 0) is 47.2 Å². The van der Waals surface area contributed by atoms with E-state index >= 15 is 0 Å². The van der Waals surface area contributed by atoms with Gasteiger partial charge in [0.2, 0.25) is 0 Å². The van der Waals surface area contributed by atoms with Crippen molar-refractivity contribution in [1.29, 1.82) is 0 Å². The lowest BCUT2D eigenvalue weighted by Crippen LogP contribution is -1.83. The molecule has 3 rings (SSSR count). The Balaban J connectivity index is 1.99. The molecule has 0 aliphatic carbocycles. The molecular weight excluding hydrogens is 244 g/mol. The van der Waals surface area contributed by atoms with E-state index in [0.717, 1.165) is 22.3 Å². The van der Waals surface area contributed by atoms with Gasteiger partial charge in [-0.3, -0.25) is 0 Å². The second-order valence-electron chi connectivity index (χ2n) is 4.54. The molecule has 0 aromatic heterocycles. The zero-order chi connectivity index (χ0) is 13.8. The molecule has 0 N–H and O–H groups in total. The van der Waals surface area contributed by atoms with Crippen LogP contribution in [0.4, 0.5) is 0 Å². The molecule has 1 nitrogen and oxygen atoms in total. The Kier molecular flexibility index (Phi) is 3.39. The van der Waals surface area contributed by atoms with Crippen molar-refractivity contribution in [2.45, 2.75) is 0 Å². The first-order valence-electron chi connectivity index (χ1n) is 6.50. The van der Waals surface area contributed by atoms with Crippen molar-refractivity contribution in [3.63, 3.8) is 0 Å². The zero-order valence-corrected chi connectivity index (χ0v) is 11.3. The number of fused-ring (bicyclic) bond motifs is 1. The minimum Gasteiger partial charge on any atom is -0.497 e. The van der Waals surface area contributed by atoms with Crippen LogP contribution in [0.5, 0.6) is 5.75 Å². The Hall–Kier alpha value is -2.72. The molecule has 0 fully saturated rings. The smallest absolute Gasteiger partial charge is 0.119 e. The summed E-state index contributed by atoms with van der Waals surface area (Å²) in [7, 11) is 1.68. The highest BCUT2D eigenvalue weighted by molar-refractivity contribution is 5.85. The van der Waals surface area contributed by atoms with Crippen LogP contribution >= 0.6 is 0 Å². The fourth-order valence-electron chi connectivity index (χ4n) is 2.10. The summed E-state index contributed by atoms with van der Waals surface area (Å²) < 4.78 is 5.26. The van der Waals surface area contributed by atoms with Gasteiger partial charge in [0.15, 0.2) is 0 Å². The summed E-state index contributed by atoms with van der Waals surface area (Å²) in [5.74, 6) is 7.24. The van der Waals surface area contributed by atoms with Crippen LogP contribution in [-0.4, -0.2) is 7.11 Å². The number of methoxy groups -OCH3 is 1. The minimum absolute atomic E-state index is 0.866. The maximum absolute atomic E-state index is 5.26. The molecule has 20 heavy (non-hydrogen) atoms. The van der Waals surface area contributed by atoms with Crippen molar-refractivity contribution >= 4 is 10.8 Å². The van der Waals surface area contributed by atoms with Crippen LogP contribution in [0.3, 0.4) is 0 Å². The van der Waals surface area contributed by atoms with Gasteiger partial charge < -0.3 is 4.74 Å². The summed E-state index contributed by atoms with van der Waals surface area (Å²) in [6.45, 7) is 0. The molecule has 3 aromatic rings. The molecule has 0 unspecified atom stereocenters. The van der Waals surface area contributed by atoms with Crippen molar-refractivity contribution < 1.29 is 4.74 Å². The summed E-state index contributed by atoms with van der Waals surface area (Å²) in [6.07, 6.45) is 0. The molecule has 0 saturated carbocycles. The van der Waals surface area contributed by atoms with E-state index in [0.29, 0.717) is 0 Å². The first-order chi connectivity index (χ1) is 9.85. The highest BCUT2D eigenvalue weighted by Crippen LogP contribution is 2.21. The Morgan fingerprint density at radius 1 is 0.700 bits per heavy atom. The van der Waals surface area contributed by atoms with Gasteiger partial charge in [0.05, 0.1) is 7.11 Å². The normalized spacial score (nSPS) is 9.85. The first kappa shape index (κ1) is 12.3. The van der Waals surface area contributed by atoms with Crippen LogP contribution in [0, 0.1) is 11.8 Å². The van der Waals surface area contributed by atoms with E-state index in [1.807, 2.05) is 48.5 Å². The third-order valence-corrected chi connectivity index (χ3v) is 3.17. The largest absolute Gasteiger partial charge is 0.497 e. The third kappa shape index (κ3) is 2.65. The number of rotatable bonds is 1. The van der Waals surface area contributed by atoms with Crippen LogP contribution < -0.4 is 4.74 Å². The summed E-state index contributed by atoms with van der Waals surface area (Å²) >= 11 is 0. The second kappa shape index (κ2) is 5.50. The monoisotopic (exact) mass is 258 g/mol. The van der Waals surface area contributed by atoms with E-state index in [1.165, 1.54) is 5.39 Å². The van der Waals surface area contributed by atoms with Gasteiger partial charge in [-0.15, -0.1) is 0 Å². The summed E-state index contributed by atoms with van der Waals surface area (Å²) in [6, 6.07) is 22.3. The maximum atomic E-state index is 5.26.